The van der Waals surface area contributed by atoms with Gasteiger partial charge in [-0.1, -0.05) is 0 Å². The Morgan fingerprint density at radius 2 is 2.14 bits per heavy atom. The fourth-order valence-corrected chi connectivity index (χ4v) is 0.0340. The summed E-state index contributed by atoms with van der Waals surface area (Å²) >= 11 is 0. The van der Waals surface area contributed by atoms with Crippen molar-refractivity contribution >= 4 is 14.3 Å². The summed E-state index contributed by atoms with van der Waals surface area (Å²) in [5.41, 5.74) is -0.569. The van der Waals surface area contributed by atoms with Crippen LogP contribution in [-0.2, 0) is 4.79 Å². The van der Waals surface area contributed by atoms with Crippen molar-refractivity contribution in [3.8, 4) is 0 Å². The van der Waals surface area contributed by atoms with E-state index in [-0.39, 0.29) is 0 Å². The van der Waals surface area contributed by atoms with E-state index < -0.39 is 5.54 Å². The van der Waals surface area contributed by atoms with Gasteiger partial charge >= 0.3 is 0 Å². The maximum atomic E-state index is 9.92. The lowest BCUT2D eigenvalue weighted by Gasteiger charge is -2.14. The summed E-state index contributed by atoms with van der Waals surface area (Å²) in [4.78, 5) is 9.92. The molecule has 3 heteroatoms. The van der Waals surface area contributed by atoms with Gasteiger partial charge < -0.3 is 10.0 Å². The molecule has 0 fully saturated rings. The Morgan fingerprint density at radius 1 is 1.71 bits per heavy atom. The maximum Gasteiger partial charge on any atom is 0.179 e. The largest absolute Gasteiger partial charge is 0.356 e. The molecule has 0 aromatic carbocycles. The minimum Gasteiger partial charge on any atom is -0.356 e. The van der Waals surface area contributed by atoms with Crippen LogP contribution in [0.25, 0.3) is 0 Å². The number of hydrogen-bond donors (Lipinski definition) is 1. The first kappa shape index (κ1) is 6.69. The molecule has 2 radical (unpaired) electrons. The number of nitrogens with one attached hydrogen (secondary N) is 1. The van der Waals surface area contributed by atoms with E-state index in [1.165, 1.54) is 0 Å². The van der Waals surface area contributed by atoms with Gasteiger partial charge in [-0.15, -0.1) is 0 Å². The van der Waals surface area contributed by atoms with Gasteiger partial charge in [-0.3, -0.25) is 0 Å². The minimum atomic E-state index is -0.569. The Hall–Kier alpha value is -0.305. The molecule has 0 atom stereocenters. The lowest BCUT2D eigenvalue weighted by Crippen LogP contribution is -2.38. The van der Waals surface area contributed by atoms with E-state index in [0.29, 0.717) is 0 Å². The summed E-state index contributed by atoms with van der Waals surface area (Å²) in [6.07, 6.45) is 0.757. The van der Waals surface area contributed by atoms with Crippen LogP contribution < -0.4 is 5.23 Å². The molecule has 0 aliphatic carbocycles. The minimum absolute atomic E-state index is 0.569. The number of aldehydes is 1. The summed E-state index contributed by atoms with van der Waals surface area (Å²) in [6.45, 7) is 3.39. The van der Waals surface area contributed by atoms with E-state index in [2.05, 4.69) is 5.23 Å². The fraction of sp³-hybridized carbons (Fsp3) is 0.750. The second kappa shape index (κ2) is 2.12. The van der Waals surface area contributed by atoms with Crippen LogP contribution in [0.5, 0.6) is 0 Å². The molecule has 0 unspecified atom stereocenters. The van der Waals surface area contributed by atoms with Gasteiger partial charge in [0.1, 0.15) is 6.29 Å². The Morgan fingerprint density at radius 3 is 2.14 bits per heavy atom. The molecule has 2 nitrogen and oxygen atoms in total. The van der Waals surface area contributed by atoms with Gasteiger partial charge in [-0.25, -0.2) is 0 Å². The van der Waals surface area contributed by atoms with E-state index in [4.69, 9.17) is 7.98 Å². The maximum absolute atomic E-state index is 9.92. The number of rotatable bonds is 2. The van der Waals surface area contributed by atoms with Crippen molar-refractivity contribution in [1.29, 1.82) is 0 Å². The van der Waals surface area contributed by atoms with Crippen molar-refractivity contribution in [3.05, 3.63) is 0 Å². The third-order valence-electron chi connectivity index (χ3n) is 0.667. The quantitative estimate of drug-likeness (QED) is 0.376. The average Bonchev–Trinajstić information content (AvgIpc) is 1.68. The molecule has 0 rings (SSSR count). The second-order valence-electron chi connectivity index (χ2n) is 1.98. The van der Waals surface area contributed by atoms with E-state index in [1.54, 1.807) is 13.8 Å². The van der Waals surface area contributed by atoms with Gasteiger partial charge in [0.2, 0.25) is 0 Å². The Labute approximate surface area is 44.7 Å². The van der Waals surface area contributed by atoms with Crippen LogP contribution in [-0.4, -0.2) is 19.8 Å². The van der Waals surface area contributed by atoms with Crippen LogP contribution in [0.15, 0.2) is 0 Å². The molecule has 7 heavy (non-hydrogen) atoms. The fourth-order valence-electron chi connectivity index (χ4n) is 0.0340. The first-order chi connectivity index (χ1) is 3.12. The van der Waals surface area contributed by atoms with E-state index in [9.17, 15) is 4.79 Å². The van der Waals surface area contributed by atoms with Crippen LogP contribution in [0.3, 0.4) is 0 Å². The summed E-state index contributed by atoms with van der Waals surface area (Å²) in [5, 5.41) is 2.32. The van der Waals surface area contributed by atoms with E-state index >= 15 is 0 Å². The Bertz CT molecular complexity index is 72.1. The highest BCUT2D eigenvalue weighted by Crippen LogP contribution is 1.91. The standard InChI is InChI=1S/C4H8BNO/c1-4(2,3-7)6-5/h3,6H,1-2H3. The molecular weight excluding hydrogens is 88.9 g/mol. The summed E-state index contributed by atoms with van der Waals surface area (Å²) < 4.78 is 0. The van der Waals surface area contributed by atoms with Crippen LogP contribution in [0.1, 0.15) is 13.8 Å². The Kier molecular flexibility index (Phi) is 2.03. The average molecular weight is 96.9 g/mol. The van der Waals surface area contributed by atoms with Gasteiger partial charge in [-0.2, -0.15) is 0 Å². The number of carbonyl (C=O) groups excluding carboxylic acids is 1. The van der Waals surface area contributed by atoms with Gasteiger partial charge in [0.25, 0.3) is 0 Å². The van der Waals surface area contributed by atoms with Crippen LogP contribution in [0.2, 0.25) is 0 Å². The predicted octanol–water partition coefficient (Wildman–Crippen LogP) is -0.363. The van der Waals surface area contributed by atoms with Crippen molar-refractivity contribution in [2.24, 2.45) is 0 Å². The SMILES string of the molecule is [B]NC(C)(C)C=O. The molecule has 0 saturated carbocycles. The summed E-state index contributed by atoms with van der Waals surface area (Å²) in [6, 6.07) is 0. The molecule has 0 aromatic rings. The van der Waals surface area contributed by atoms with Gasteiger partial charge in [0, 0.05) is 0 Å². The molecule has 0 aromatic heterocycles. The van der Waals surface area contributed by atoms with Crippen LogP contribution in [0, 0.1) is 0 Å². The molecular formula is C4H8BNO. The van der Waals surface area contributed by atoms with Gasteiger partial charge in [0.15, 0.2) is 7.98 Å². The molecule has 0 aliphatic heterocycles. The molecule has 38 valence electrons. The Balaban J connectivity index is 3.58. The zero-order chi connectivity index (χ0) is 5.91. The second-order valence-corrected chi connectivity index (χ2v) is 1.98. The normalized spacial score (nSPS) is 11.1. The topological polar surface area (TPSA) is 29.1 Å². The van der Waals surface area contributed by atoms with Gasteiger partial charge in [0.05, 0.1) is 5.54 Å². The van der Waals surface area contributed by atoms with E-state index in [1.807, 2.05) is 0 Å². The highest BCUT2D eigenvalue weighted by molar-refractivity contribution is 6.06. The first-order valence-electron chi connectivity index (χ1n) is 2.06. The van der Waals surface area contributed by atoms with Crippen molar-refractivity contribution in [2.75, 3.05) is 0 Å². The summed E-state index contributed by atoms with van der Waals surface area (Å²) in [5.74, 6) is 0. The highest BCUT2D eigenvalue weighted by atomic mass is 16.1. The number of carbonyl (C=O) groups is 1. The van der Waals surface area contributed by atoms with Crippen molar-refractivity contribution in [2.45, 2.75) is 19.4 Å². The third-order valence-corrected chi connectivity index (χ3v) is 0.667. The molecule has 0 bridgehead atoms. The van der Waals surface area contributed by atoms with E-state index in [0.717, 1.165) is 6.29 Å². The molecule has 0 spiro atoms. The first-order valence-corrected chi connectivity index (χ1v) is 2.06. The van der Waals surface area contributed by atoms with Crippen molar-refractivity contribution in [3.63, 3.8) is 0 Å². The lowest BCUT2D eigenvalue weighted by molar-refractivity contribution is -0.111. The molecule has 0 saturated heterocycles. The van der Waals surface area contributed by atoms with Gasteiger partial charge in [-0.05, 0) is 13.8 Å². The molecule has 0 heterocycles. The zero-order valence-corrected chi connectivity index (χ0v) is 4.56. The smallest absolute Gasteiger partial charge is 0.179 e. The lowest BCUT2D eigenvalue weighted by atomic mass is 10.1. The molecule has 0 amide bonds. The van der Waals surface area contributed by atoms with Crippen molar-refractivity contribution in [1.82, 2.24) is 5.23 Å². The third kappa shape index (κ3) is 2.40. The molecule has 1 N–H and O–H groups in total. The van der Waals surface area contributed by atoms with Crippen LogP contribution >= 0.6 is 0 Å². The number of hydrogen-bond acceptors (Lipinski definition) is 2. The van der Waals surface area contributed by atoms with Crippen LogP contribution in [0.4, 0.5) is 0 Å². The summed E-state index contributed by atoms with van der Waals surface area (Å²) in [7, 11) is 4.94. The zero-order valence-electron chi connectivity index (χ0n) is 4.56. The molecule has 0 aliphatic rings. The predicted molar refractivity (Wildman–Crippen MR) is 29.0 cm³/mol. The monoisotopic (exact) mass is 97.1 g/mol. The highest BCUT2D eigenvalue weighted by Gasteiger charge is 2.09. The van der Waals surface area contributed by atoms with Crippen molar-refractivity contribution < 1.29 is 4.79 Å².